The maximum Gasteiger partial charge on any atom is 0.249 e. The number of amides is 1. The van der Waals surface area contributed by atoms with E-state index in [2.05, 4.69) is 5.32 Å². The van der Waals surface area contributed by atoms with Gasteiger partial charge in [0.05, 0.1) is 6.04 Å². The second-order valence-corrected chi connectivity index (χ2v) is 5.21. The Bertz CT molecular complexity index is 727. The van der Waals surface area contributed by atoms with E-state index in [-0.39, 0.29) is 11.3 Å². The minimum absolute atomic E-state index is 0.0501. The third-order valence-corrected chi connectivity index (χ3v) is 3.93. The van der Waals surface area contributed by atoms with Gasteiger partial charge in [-0.1, -0.05) is 30.3 Å². The van der Waals surface area contributed by atoms with Crippen LogP contribution in [0.5, 0.6) is 0 Å². The normalized spacial score (nSPS) is 19.9. The predicted octanol–water partition coefficient (Wildman–Crippen LogP) is 0.903. The molecule has 2 atom stereocenters. The highest BCUT2D eigenvalue weighted by Crippen LogP contribution is 2.31. The van der Waals surface area contributed by atoms with E-state index >= 15 is 0 Å². The number of Topliss-reactive ketones (excluding diaryl/α,β-unsaturated/α-hetero) is 1. The van der Waals surface area contributed by atoms with Crippen molar-refractivity contribution < 1.29 is 14.7 Å². The standard InChI is InChI=1S/C16H16N2O3/c17-16(21)11-6-5-9-3-1-2-4-10(9)13(11)15(20)14-12(19)7-8-18-14/h1-6,14-15,18,20H,7-8H2,(H2,17,21)/t14-,15?/m0/s1. The highest BCUT2D eigenvalue weighted by atomic mass is 16.3. The zero-order valence-electron chi connectivity index (χ0n) is 11.4. The van der Waals surface area contributed by atoms with Crippen molar-refractivity contribution in [3.8, 4) is 0 Å². The number of nitrogens with two attached hydrogens (primary N) is 1. The van der Waals surface area contributed by atoms with Gasteiger partial charge in [0.15, 0.2) is 5.78 Å². The lowest BCUT2D eigenvalue weighted by Crippen LogP contribution is -2.35. The number of aliphatic hydroxyl groups is 1. The van der Waals surface area contributed by atoms with Crippen LogP contribution in [0.15, 0.2) is 36.4 Å². The third kappa shape index (κ3) is 2.30. The van der Waals surface area contributed by atoms with Gasteiger partial charge in [-0.15, -0.1) is 0 Å². The van der Waals surface area contributed by atoms with E-state index in [0.717, 1.165) is 10.8 Å². The second-order valence-electron chi connectivity index (χ2n) is 5.21. The molecular weight excluding hydrogens is 268 g/mol. The Labute approximate surface area is 121 Å². The highest BCUT2D eigenvalue weighted by Gasteiger charge is 2.34. The first-order valence-electron chi connectivity index (χ1n) is 6.85. The van der Waals surface area contributed by atoms with Gasteiger partial charge in [-0.2, -0.15) is 0 Å². The fourth-order valence-corrected chi connectivity index (χ4v) is 2.90. The number of hydrogen-bond acceptors (Lipinski definition) is 4. The van der Waals surface area contributed by atoms with Crippen molar-refractivity contribution in [2.45, 2.75) is 18.6 Å². The van der Waals surface area contributed by atoms with Crippen LogP contribution < -0.4 is 11.1 Å². The lowest BCUT2D eigenvalue weighted by Gasteiger charge is -2.21. The summed E-state index contributed by atoms with van der Waals surface area (Å²) in [5, 5.41) is 15.2. The number of hydrogen-bond donors (Lipinski definition) is 3. The Morgan fingerprint density at radius 2 is 2.05 bits per heavy atom. The zero-order valence-corrected chi connectivity index (χ0v) is 11.4. The van der Waals surface area contributed by atoms with Crippen molar-refractivity contribution in [2.24, 2.45) is 5.73 Å². The number of rotatable bonds is 3. The number of fused-ring (bicyclic) bond motifs is 1. The van der Waals surface area contributed by atoms with Crippen molar-refractivity contribution in [1.82, 2.24) is 5.32 Å². The molecule has 1 amide bonds. The summed E-state index contributed by atoms with van der Waals surface area (Å²) in [6, 6.07) is 10.1. The van der Waals surface area contributed by atoms with Crippen LogP contribution in [-0.2, 0) is 4.79 Å². The minimum atomic E-state index is -1.09. The summed E-state index contributed by atoms with van der Waals surface area (Å²) in [4.78, 5) is 23.5. The second kappa shape index (κ2) is 5.27. The smallest absolute Gasteiger partial charge is 0.249 e. The molecule has 2 aromatic carbocycles. The van der Waals surface area contributed by atoms with Gasteiger partial charge in [0.1, 0.15) is 6.10 Å². The van der Waals surface area contributed by atoms with Crippen molar-refractivity contribution in [3.63, 3.8) is 0 Å². The quantitative estimate of drug-likeness (QED) is 0.781. The molecule has 1 unspecified atom stereocenters. The molecule has 1 saturated heterocycles. The fourth-order valence-electron chi connectivity index (χ4n) is 2.90. The molecule has 108 valence electrons. The van der Waals surface area contributed by atoms with E-state index in [0.29, 0.717) is 18.5 Å². The Morgan fingerprint density at radius 1 is 1.29 bits per heavy atom. The van der Waals surface area contributed by atoms with Crippen LogP contribution in [0, 0.1) is 0 Å². The fraction of sp³-hybridized carbons (Fsp3) is 0.250. The Morgan fingerprint density at radius 3 is 2.71 bits per heavy atom. The number of aliphatic hydroxyl groups excluding tert-OH is 1. The summed E-state index contributed by atoms with van der Waals surface area (Å²) in [5.74, 6) is -0.661. The van der Waals surface area contributed by atoms with E-state index in [4.69, 9.17) is 5.73 Å². The van der Waals surface area contributed by atoms with Crippen LogP contribution >= 0.6 is 0 Å². The molecule has 1 aliphatic rings. The Kier molecular flexibility index (Phi) is 3.45. The van der Waals surface area contributed by atoms with Crippen LogP contribution in [0.1, 0.15) is 28.4 Å². The molecule has 5 heteroatoms. The maximum atomic E-state index is 11.9. The average Bonchev–Trinajstić information content (AvgIpc) is 2.91. The van der Waals surface area contributed by atoms with E-state index in [9.17, 15) is 14.7 Å². The molecular formula is C16H16N2O3. The molecule has 0 aliphatic carbocycles. The van der Waals surface area contributed by atoms with Crippen molar-refractivity contribution in [3.05, 3.63) is 47.5 Å². The number of carbonyl (C=O) groups excluding carboxylic acids is 2. The molecule has 4 N–H and O–H groups in total. The number of ketones is 1. The van der Waals surface area contributed by atoms with Crippen molar-refractivity contribution in [1.29, 1.82) is 0 Å². The Balaban J connectivity index is 2.20. The van der Waals surface area contributed by atoms with Crippen LogP contribution in [0.25, 0.3) is 10.8 Å². The van der Waals surface area contributed by atoms with Gasteiger partial charge < -0.3 is 16.2 Å². The van der Waals surface area contributed by atoms with Crippen LogP contribution in [0.3, 0.4) is 0 Å². The zero-order chi connectivity index (χ0) is 15.0. The number of carbonyl (C=O) groups is 2. The van der Waals surface area contributed by atoms with Crippen molar-refractivity contribution >= 4 is 22.5 Å². The maximum absolute atomic E-state index is 11.9. The highest BCUT2D eigenvalue weighted by molar-refractivity contribution is 6.01. The van der Waals surface area contributed by atoms with Crippen LogP contribution in [0.2, 0.25) is 0 Å². The van der Waals surface area contributed by atoms with Gasteiger partial charge >= 0.3 is 0 Å². The molecule has 0 bridgehead atoms. The summed E-state index contributed by atoms with van der Waals surface area (Å²) in [5.41, 5.74) is 6.10. The number of nitrogens with one attached hydrogen (secondary N) is 1. The summed E-state index contributed by atoms with van der Waals surface area (Å²) in [6.07, 6.45) is -0.702. The van der Waals surface area contributed by atoms with Crippen molar-refractivity contribution in [2.75, 3.05) is 6.54 Å². The summed E-state index contributed by atoms with van der Waals surface area (Å²) in [6.45, 7) is 0.539. The molecule has 3 rings (SSSR count). The first kappa shape index (κ1) is 13.7. The van der Waals surface area contributed by atoms with Gasteiger partial charge in [0.25, 0.3) is 0 Å². The summed E-state index contributed by atoms with van der Waals surface area (Å²) >= 11 is 0. The van der Waals surface area contributed by atoms with Gasteiger partial charge in [0, 0.05) is 24.1 Å². The molecule has 0 saturated carbocycles. The van der Waals surface area contributed by atoms with Gasteiger partial charge in [0.2, 0.25) is 5.91 Å². The number of benzene rings is 2. The monoisotopic (exact) mass is 284 g/mol. The minimum Gasteiger partial charge on any atom is -0.386 e. The Hall–Kier alpha value is -2.24. The molecule has 0 spiro atoms. The summed E-state index contributed by atoms with van der Waals surface area (Å²) in [7, 11) is 0. The van der Waals surface area contributed by atoms with Crippen LogP contribution in [0.4, 0.5) is 0 Å². The molecule has 0 aromatic heterocycles. The molecule has 1 fully saturated rings. The van der Waals surface area contributed by atoms with E-state index < -0.39 is 18.1 Å². The lowest BCUT2D eigenvalue weighted by molar-refractivity contribution is -0.120. The molecule has 0 radical (unpaired) electrons. The van der Waals surface area contributed by atoms with Gasteiger partial charge in [-0.3, -0.25) is 9.59 Å². The van der Waals surface area contributed by atoms with E-state index in [1.165, 1.54) is 0 Å². The molecule has 21 heavy (non-hydrogen) atoms. The topological polar surface area (TPSA) is 92.4 Å². The van der Waals surface area contributed by atoms with Crippen LogP contribution in [-0.4, -0.2) is 29.4 Å². The first-order chi connectivity index (χ1) is 10.1. The molecule has 1 aliphatic heterocycles. The summed E-state index contributed by atoms with van der Waals surface area (Å²) < 4.78 is 0. The third-order valence-electron chi connectivity index (χ3n) is 3.93. The predicted molar refractivity (Wildman–Crippen MR) is 78.8 cm³/mol. The first-order valence-corrected chi connectivity index (χ1v) is 6.85. The largest absolute Gasteiger partial charge is 0.386 e. The molecule has 2 aromatic rings. The number of primary amides is 1. The SMILES string of the molecule is NC(=O)c1ccc2ccccc2c1C(O)[C@H]1NCCC1=O. The average molecular weight is 284 g/mol. The van der Waals surface area contributed by atoms with E-state index in [1.54, 1.807) is 12.1 Å². The molecule has 1 heterocycles. The van der Waals surface area contributed by atoms with Gasteiger partial charge in [-0.25, -0.2) is 0 Å². The van der Waals surface area contributed by atoms with E-state index in [1.807, 2.05) is 24.3 Å². The lowest BCUT2D eigenvalue weighted by atomic mass is 9.90. The molecule has 5 nitrogen and oxygen atoms in total. The van der Waals surface area contributed by atoms with Gasteiger partial charge in [-0.05, 0) is 16.8 Å².